The van der Waals surface area contributed by atoms with Crippen LogP contribution in [-0.4, -0.2) is 56.7 Å². The first kappa shape index (κ1) is 34.2. The van der Waals surface area contributed by atoms with Gasteiger partial charge in [-0.3, -0.25) is 13.9 Å². The zero-order valence-electron chi connectivity index (χ0n) is 27.3. The summed E-state index contributed by atoms with van der Waals surface area (Å²) in [7, 11) is 4.28. The SMILES string of the molecule is COc1nc(-c2cccc(-c3cccc(Nc4nc(C(F)F)cc5c4c(=O)n(C)c(=O)n5C)c3C)c2Cl)ccc1CN[C@@H]1CCOC[C@H]1O. The second-order valence-electron chi connectivity index (χ2n) is 11.8. The Morgan fingerprint density at radius 2 is 1.80 bits per heavy atom. The van der Waals surface area contributed by atoms with Gasteiger partial charge in [0.15, 0.2) is 0 Å². The molecule has 0 radical (unpaired) electrons. The molecule has 5 aromatic rings. The topological polar surface area (TPSA) is 133 Å². The molecule has 14 heteroatoms. The molecule has 256 valence electrons. The standard InChI is InChI=1S/C35H35ClF2N6O5/c1-18-20(7-6-10-23(18)40-32-29-27(15-26(41-32)31(37)38)43(2)35(47)44(3)34(29)46)21-8-5-9-22(30(21)36)24-12-11-19(33(42-24)48-4)16-39-25-13-14-49-17-28(25)45/h5-12,15,25,28,31,39,45H,13-14,16-17H2,1-4H3,(H,40,41)/t25-,28-/m1/s1. The Morgan fingerprint density at radius 3 is 2.53 bits per heavy atom. The number of hydrogen-bond donors (Lipinski definition) is 3. The van der Waals surface area contributed by atoms with Gasteiger partial charge in [0.1, 0.15) is 16.9 Å². The van der Waals surface area contributed by atoms with Crippen LogP contribution in [0.1, 0.15) is 29.7 Å². The molecule has 1 aliphatic rings. The molecule has 49 heavy (non-hydrogen) atoms. The van der Waals surface area contributed by atoms with E-state index in [1.54, 1.807) is 19.2 Å². The van der Waals surface area contributed by atoms with Crippen LogP contribution in [-0.2, 0) is 25.4 Å². The molecule has 2 atom stereocenters. The normalized spacial score (nSPS) is 16.3. The van der Waals surface area contributed by atoms with E-state index in [9.17, 15) is 23.5 Å². The highest BCUT2D eigenvalue weighted by atomic mass is 35.5. The van der Waals surface area contributed by atoms with E-state index < -0.39 is 29.5 Å². The van der Waals surface area contributed by atoms with Crippen LogP contribution in [0, 0.1) is 6.92 Å². The summed E-state index contributed by atoms with van der Waals surface area (Å²) in [5, 5.41) is 17.1. The summed E-state index contributed by atoms with van der Waals surface area (Å²) in [6.45, 7) is 3.16. The highest BCUT2D eigenvalue weighted by Crippen LogP contribution is 2.40. The Bertz CT molecular complexity index is 2170. The number of methoxy groups -OCH3 is 1. The van der Waals surface area contributed by atoms with Gasteiger partial charge in [0.2, 0.25) is 5.88 Å². The molecule has 0 spiro atoms. The Morgan fingerprint density at radius 1 is 1.06 bits per heavy atom. The van der Waals surface area contributed by atoms with Gasteiger partial charge in [-0.1, -0.05) is 48.0 Å². The van der Waals surface area contributed by atoms with Gasteiger partial charge in [0, 0.05) is 55.7 Å². The van der Waals surface area contributed by atoms with Gasteiger partial charge in [-0.15, -0.1) is 0 Å². The number of rotatable bonds is 9. The summed E-state index contributed by atoms with van der Waals surface area (Å²) in [5.41, 5.74) is 2.88. The summed E-state index contributed by atoms with van der Waals surface area (Å²) >= 11 is 7.06. The van der Waals surface area contributed by atoms with Crippen LogP contribution >= 0.6 is 11.6 Å². The van der Waals surface area contributed by atoms with Crippen molar-refractivity contribution >= 4 is 34.0 Å². The van der Waals surface area contributed by atoms with Crippen LogP contribution in [0.15, 0.2) is 64.2 Å². The van der Waals surface area contributed by atoms with Crippen LogP contribution in [0.2, 0.25) is 5.02 Å². The summed E-state index contributed by atoms with van der Waals surface area (Å²) < 4.78 is 40.8. The molecule has 0 aliphatic carbocycles. The maximum atomic E-state index is 13.9. The van der Waals surface area contributed by atoms with Crippen molar-refractivity contribution in [3.8, 4) is 28.3 Å². The Kier molecular flexibility index (Phi) is 9.79. The van der Waals surface area contributed by atoms with Crippen molar-refractivity contribution in [3.05, 3.63) is 97.3 Å². The van der Waals surface area contributed by atoms with Crippen molar-refractivity contribution in [2.45, 2.75) is 38.5 Å². The van der Waals surface area contributed by atoms with E-state index in [0.717, 1.165) is 26.3 Å². The van der Waals surface area contributed by atoms with E-state index in [0.29, 0.717) is 65.2 Å². The average molecular weight is 693 g/mol. The largest absolute Gasteiger partial charge is 0.481 e. The predicted molar refractivity (Wildman–Crippen MR) is 184 cm³/mol. The van der Waals surface area contributed by atoms with E-state index in [2.05, 4.69) is 15.6 Å². The first-order valence-corrected chi connectivity index (χ1v) is 16.0. The maximum absolute atomic E-state index is 13.9. The van der Waals surface area contributed by atoms with Crippen molar-refractivity contribution in [2.24, 2.45) is 14.1 Å². The number of halogens is 3. The van der Waals surface area contributed by atoms with Gasteiger partial charge in [-0.25, -0.2) is 23.5 Å². The minimum absolute atomic E-state index is 0.00133. The lowest BCUT2D eigenvalue weighted by Gasteiger charge is -2.28. The van der Waals surface area contributed by atoms with Crippen LogP contribution in [0.4, 0.5) is 20.3 Å². The number of aliphatic hydroxyl groups is 1. The summed E-state index contributed by atoms with van der Waals surface area (Å²) in [5.74, 6) is 0.325. The molecule has 6 rings (SSSR count). The molecule has 1 saturated heterocycles. The number of nitrogens with one attached hydrogen (secondary N) is 2. The fourth-order valence-corrected chi connectivity index (χ4v) is 6.40. The molecular formula is C35H35ClF2N6O5. The van der Waals surface area contributed by atoms with Gasteiger partial charge in [0.05, 0.1) is 36.1 Å². The monoisotopic (exact) mass is 692 g/mol. The quantitative estimate of drug-likeness (QED) is 0.190. The number of hydrogen-bond acceptors (Lipinski definition) is 9. The summed E-state index contributed by atoms with van der Waals surface area (Å²) in [6, 6.07) is 15.7. The number of alkyl halides is 2. The maximum Gasteiger partial charge on any atom is 0.330 e. The number of nitrogens with zero attached hydrogens (tertiary/aromatic N) is 4. The number of benzene rings is 2. The summed E-state index contributed by atoms with van der Waals surface area (Å²) in [4.78, 5) is 34.6. The number of fused-ring (bicyclic) bond motifs is 1. The lowest BCUT2D eigenvalue weighted by atomic mass is 9.96. The molecule has 1 aliphatic heterocycles. The van der Waals surface area contributed by atoms with E-state index >= 15 is 0 Å². The smallest absolute Gasteiger partial charge is 0.330 e. The highest BCUT2D eigenvalue weighted by molar-refractivity contribution is 6.36. The molecule has 11 nitrogen and oxygen atoms in total. The third kappa shape index (κ3) is 6.54. The number of pyridine rings is 2. The third-order valence-corrected chi connectivity index (χ3v) is 9.27. The van der Waals surface area contributed by atoms with E-state index in [4.69, 9.17) is 26.1 Å². The van der Waals surface area contributed by atoms with Crippen molar-refractivity contribution in [3.63, 3.8) is 0 Å². The Labute approximate surface area is 285 Å². The van der Waals surface area contributed by atoms with Gasteiger partial charge in [-0.2, -0.15) is 0 Å². The minimum Gasteiger partial charge on any atom is -0.481 e. The minimum atomic E-state index is -2.93. The Hall–Kier alpha value is -4.69. The molecule has 0 bridgehead atoms. The zero-order chi connectivity index (χ0) is 35.0. The number of anilines is 2. The number of ether oxygens (including phenoxy) is 2. The van der Waals surface area contributed by atoms with Gasteiger partial charge < -0.3 is 25.2 Å². The lowest BCUT2D eigenvalue weighted by Crippen LogP contribution is -2.46. The predicted octanol–water partition coefficient (Wildman–Crippen LogP) is 5.25. The first-order valence-electron chi connectivity index (χ1n) is 15.6. The second kappa shape index (κ2) is 14.0. The van der Waals surface area contributed by atoms with Gasteiger partial charge in [0.25, 0.3) is 12.0 Å². The van der Waals surface area contributed by atoms with E-state index in [1.807, 2.05) is 43.3 Å². The number of aryl methyl sites for hydroxylation is 1. The summed E-state index contributed by atoms with van der Waals surface area (Å²) in [6.07, 6.45) is -2.83. The molecular weight excluding hydrogens is 658 g/mol. The fourth-order valence-electron chi connectivity index (χ4n) is 6.07. The zero-order valence-corrected chi connectivity index (χ0v) is 28.0. The molecule has 0 amide bonds. The average Bonchev–Trinajstić information content (AvgIpc) is 3.10. The molecule has 1 fully saturated rings. The van der Waals surface area contributed by atoms with Crippen LogP contribution < -0.4 is 26.6 Å². The second-order valence-corrected chi connectivity index (χ2v) is 12.2. The molecule has 3 aromatic heterocycles. The molecule has 0 saturated carbocycles. The third-order valence-electron chi connectivity index (χ3n) is 8.86. The van der Waals surface area contributed by atoms with E-state index in [1.165, 1.54) is 14.1 Å². The van der Waals surface area contributed by atoms with Crippen LogP contribution in [0.3, 0.4) is 0 Å². The molecule has 4 heterocycles. The van der Waals surface area contributed by atoms with Crippen molar-refractivity contribution < 1.29 is 23.4 Å². The van der Waals surface area contributed by atoms with Crippen molar-refractivity contribution in [1.29, 1.82) is 0 Å². The van der Waals surface area contributed by atoms with Gasteiger partial charge >= 0.3 is 5.69 Å². The van der Waals surface area contributed by atoms with Crippen molar-refractivity contribution in [2.75, 3.05) is 25.6 Å². The number of aromatic nitrogens is 4. The first-order chi connectivity index (χ1) is 23.5. The van der Waals surface area contributed by atoms with Crippen LogP contribution in [0.5, 0.6) is 5.88 Å². The number of aliphatic hydroxyl groups excluding tert-OH is 1. The lowest BCUT2D eigenvalue weighted by molar-refractivity contribution is -0.0281. The van der Waals surface area contributed by atoms with Crippen LogP contribution in [0.25, 0.3) is 33.3 Å². The van der Waals surface area contributed by atoms with Gasteiger partial charge in [-0.05, 0) is 42.7 Å². The molecule has 3 N–H and O–H groups in total. The highest BCUT2D eigenvalue weighted by Gasteiger charge is 2.24. The fraction of sp³-hybridized carbons (Fsp3) is 0.314. The van der Waals surface area contributed by atoms with E-state index in [-0.39, 0.29) is 22.8 Å². The Balaban J connectivity index is 1.35. The molecule has 2 aromatic carbocycles. The van der Waals surface area contributed by atoms with Crippen molar-refractivity contribution in [1.82, 2.24) is 24.4 Å². The molecule has 0 unspecified atom stereocenters.